The van der Waals surface area contributed by atoms with Gasteiger partial charge in [-0.05, 0) is 30.3 Å². The predicted molar refractivity (Wildman–Crippen MR) is 127 cm³/mol. The molecule has 2 aromatic rings. The van der Waals surface area contributed by atoms with Gasteiger partial charge in [-0.3, -0.25) is 47.4 Å². The van der Waals surface area contributed by atoms with Gasteiger partial charge in [-0.1, -0.05) is 0 Å². The van der Waals surface area contributed by atoms with Crippen molar-refractivity contribution in [2.75, 3.05) is 33.1 Å². The third-order valence-electron chi connectivity index (χ3n) is 4.78. The first kappa shape index (κ1) is 30.5. The highest BCUT2D eigenvalue weighted by Crippen LogP contribution is 2.30. The van der Waals surface area contributed by atoms with E-state index in [1.807, 2.05) is 5.43 Å². The van der Waals surface area contributed by atoms with Crippen LogP contribution in [0.15, 0.2) is 47.8 Å². The molecular formula is C18H20N8O13-4. The highest BCUT2D eigenvalue weighted by atomic mass is 16.8. The summed E-state index contributed by atoms with van der Waals surface area (Å²) in [4.78, 5) is 22.2. The van der Waals surface area contributed by atoms with Crippen LogP contribution in [0.25, 0.3) is 0 Å². The fourth-order valence-corrected chi connectivity index (χ4v) is 2.87. The molecule has 2 aromatic carbocycles. The number of aliphatic hydroxyl groups excluding tert-OH is 3. The van der Waals surface area contributed by atoms with Gasteiger partial charge in [0.25, 0.3) is 5.69 Å². The molecule has 0 unspecified atom stereocenters. The number of benzene rings is 2. The van der Waals surface area contributed by atoms with E-state index in [0.29, 0.717) is 12.1 Å². The number of anilines is 5. The second kappa shape index (κ2) is 13.2. The van der Waals surface area contributed by atoms with Crippen LogP contribution in [0.2, 0.25) is 0 Å². The number of nitro groups is 1. The Kier molecular flexibility index (Phi) is 10.3. The van der Waals surface area contributed by atoms with E-state index in [2.05, 4.69) is 16.3 Å². The minimum Gasteiger partial charge on any atom is -0.769 e. The van der Waals surface area contributed by atoms with Gasteiger partial charge in [0.05, 0.1) is 34.6 Å². The summed E-state index contributed by atoms with van der Waals surface area (Å²) < 4.78 is 0. The number of carboxylic acid groups (broad SMARTS) is 1. The van der Waals surface area contributed by atoms with Gasteiger partial charge in [-0.2, -0.15) is 0 Å². The molecule has 0 aliphatic heterocycles. The van der Waals surface area contributed by atoms with Crippen LogP contribution in [0.4, 0.5) is 34.1 Å². The van der Waals surface area contributed by atoms with Crippen LogP contribution in [0, 0.1) is 25.7 Å². The molecule has 0 aromatic heterocycles. The van der Waals surface area contributed by atoms with Crippen molar-refractivity contribution in [3.05, 3.63) is 73.5 Å². The topological polar surface area (TPSA) is 332 Å². The summed E-state index contributed by atoms with van der Waals surface area (Å²) in [6.45, 7) is -1.09. The number of nitrogens with one attached hydrogen (secondary N) is 4. The molecule has 2 rings (SSSR count). The van der Waals surface area contributed by atoms with E-state index in [-0.39, 0.29) is 5.69 Å². The molecule has 0 amide bonds. The zero-order chi connectivity index (χ0) is 29.4. The fraction of sp³-hybridized carbons (Fsp3) is 0.167. The Morgan fingerprint density at radius 3 is 2.05 bits per heavy atom. The first-order chi connectivity index (χ1) is 18.3. The Hall–Kier alpha value is -4.71. The van der Waals surface area contributed by atoms with Gasteiger partial charge in [0.2, 0.25) is 0 Å². The summed E-state index contributed by atoms with van der Waals surface area (Å²) in [5, 5.41) is 111. The molecule has 0 aliphatic carbocycles. The molecular weight excluding hydrogens is 536 g/mol. The molecule has 0 saturated heterocycles. The maximum atomic E-state index is 11.9. The Labute approximate surface area is 216 Å². The Bertz CT molecular complexity index is 1210. The molecule has 10 N–H and O–H groups in total. The first-order valence-electron chi connectivity index (χ1n) is 10.2. The molecule has 0 heterocycles. The number of nitro benzene ring substituents is 1. The molecule has 0 radical (unpaired) electrons. The molecule has 0 bridgehead atoms. The van der Waals surface area contributed by atoms with Crippen molar-refractivity contribution >= 4 is 40.1 Å². The maximum Gasteiger partial charge on any atom is 0.296 e. The van der Waals surface area contributed by atoms with E-state index in [9.17, 15) is 61.4 Å². The highest BCUT2D eigenvalue weighted by molar-refractivity contribution is 5.86. The second-order valence-electron chi connectivity index (χ2n) is 7.25. The van der Waals surface area contributed by atoms with Crippen molar-refractivity contribution < 1.29 is 45.8 Å². The van der Waals surface area contributed by atoms with Crippen LogP contribution >= 0.6 is 0 Å². The minimum absolute atomic E-state index is 0.350. The summed E-state index contributed by atoms with van der Waals surface area (Å²) in [6.07, 6.45) is -4.25. The molecule has 0 spiro atoms. The van der Waals surface area contributed by atoms with Gasteiger partial charge in [-0.15, -0.1) is 5.23 Å². The summed E-state index contributed by atoms with van der Waals surface area (Å²) in [5.74, 6) is -2.09. The monoisotopic (exact) mass is 556 g/mol. The van der Waals surface area contributed by atoms with Crippen LogP contribution in [-0.4, -0.2) is 60.6 Å². The molecule has 21 nitrogen and oxygen atoms in total. The quantitative estimate of drug-likeness (QED) is 0.0675. The lowest BCUT2D eigenvalue weighted by Gasteiger charge is -2.38. The lowest BCUT2D eigenvalue weighted by Crippen LogP contribution is -2.46. The number of nitrogens with zero attached hydrogens (tertiary/aromatic N) is 4. The maximum absolute atomic E-state index is 11.9. The lowest BCUT2D eigenvalue weighted by atomic mass is 10.1. The number of carboxylic acids is 1. The van der Waals surface area contributed by atoms with E-state index in [1.54, 1.807) is 0 Å². The second-order valence-corrected chi connectivity index (χ2v) is 7.25. The van der Waals surface area contributed by atoms with Gasteiger partial charge in [-0.25, -0.2) is 0 Å². The number of hydrogen-bond acceptors (Lipinski definition) is 20. The number of aliphatic carboxylic acids is 1. The van der Waals surface area contributed by atoms with E-state index in [1.165, 1.54) is 0 Å². The Morgan fingerprint density at radius 1 is 0.949 bits per heavy atom. The van der Waals surface area contributed by atoms with Crippen LogP contribution in [-0.2, 0) is 4.79 Å². The van der Waals surface area contributed by atoms with Crippen molar-refractivity contribution in [3.8, 4) is 0 Å². The Balaban J connectivity index is 2.49. The smallest absolute Gasteiger partial charge is 0.296 e. The number of carbonyl (C=O) groups excluding carboxylic acids is 1. The van der Waals surface area contributed by atoms with Crippen LogP contribution < -0.4 is 42.5 Å². The first-order valence-corrected chi connectivity index (χ1v) is 10.2. The van der Waals surface area contributed by atoms with Crippen molar-refractivity contribution in [1.82, 2.24) is 10.9 Å². The van der Waals surface area contributed by atoms with Crippen molar-refractivity contribution in [2.24, 2.45) is 0 Å². The normalized spacial score (nSPS) is 12.9. The lowest BCUT2D eigenvalue weighted by molar-refractivity contribution is -0.383. The summed E-state index contributed by atoms with van der Waals surface area (Å²) >= 11 is 0. The number of hydrazine groups is 2. The predicted octanol–water partition coefficient (Wildman–Crippen LogP) is -2.12. The molecule has 21 heteroatoms. The number of aliphatic hydroxyl groups is 3. The fourth-order valence-electron chi connectivity index (χ4n) is 2.87. The van der Waals surface area contributed by atoms with Gasteiger partial charge in [0.15, 0.2) is 0 Å². The van der Waals surface area contributed by atoms with E-state index < -0.39 is 85.2 Å². The summed E-state index contributed by atoms with van der Waals surface area (Å²) in [5.41, 5.74) is 3.06. The van der Waals surface area contributed by atoms with E-state index >= 15 is 0 Å². The average molecular weight is 556 g/mol. The average Bonchev–Trinajstić information content (AvgIpc) is 2.88. The van der Waals surface area contributed by atoms with Gasteiger partial charge in [0, 0.05) is 11.8 Å². The molecule has 0 saturated carbocycles. The zero-order valence-corrected chi connectivity index (χ0v) is 19.2. The van der Waals surface area contributed by atoms with Crippen LogP contribution in [0.5, 0.6) is 0 Å². The number of hydrogen-bond donors (Lipinski definition) is 10. The molecule has 0 aliphatic rings. The summed E-state index contributed by atoms with van der Waals surface area (Å²) in [7, 11) is 0. The van der Waals surface area contributed by atoms with Gasteiger partial charge >= 0.3 is 0 Å². The zero-order valence-electron chi connectivity index (χ0n) is 19.2. The molecule has 214 valence electrons. The minimum atomic E-state index is -2.23. The van der Waals surface area contributed by atoms with Crippen molar-refractivity contribution in [1.29, 1.82) is 0 Å². The highest BCUT2D eigenvalue weighted by Gasteiger charge is 2.25. The molecule has 2 atom stereocenters. The van der Waals surface area contributed by atoms with Gasteiger partial charge in [0.1, 0.15) is 29.3 Å². The van der Waals surface area contributed by atoms with Crippen molar-refractivity contribution in [3.63, 3.8) is 0 Å². The standard InChI is InChI=1S/C18H21N8O13/c27-7-14(28)17(29)15(21-19-10-3-1-8(23(32)33)5-12(10)25(36)37)16(18(30)31)22-20-11-4-2-9(24(34)35)6-13(11)26(38)39/h1-6,14,17,19-22,27-29,34,36-37H,7H2,(H,30,31)/q-3/p-1/t14-,17-/m1/s1. The number of carbonyl (C=O) groups is 1. The largest absolute Gasteiger partial charge is 0.769 e. The van der Waals surface area contributed by atoms with Crippen molar-refractivity contribution in [2.45, 2.75) is 12.2 Å². The number of rotatable bonds is 14. The molecule has 39 heavy (non-hydrogen) atoms. The summed E-state index contributed by atoms with van der Waals surface area (Å²) in [6, 6.07) is 5.02. The van der Waals surface area contributed by atoms with E-state index in [0.717, 1.165) is 24.3 Å². The van der Waals surface area contributed by atoms with Crippen LogP contribution in [0.3, 0.4) is 0 Å². The van der Waals surface area contributed by atoms with E-state index in [4.69, 9.17) is 5.21 Å². The molecule has 0 fully saturated rings. The third-order valence-corrected chi connectivity index (χ3v) is 4.78. The third kappa shape index (κ3) is 7.65. The SMILES string of the molecule is O=C([O-])C(NNc1ccc(N([O-])O)cc1[N+](=O)[O-])=C(NNc1ccc(N([O-])[O-])cc1N(O)O)[C@H](O)[C@H](O)CO. The van der Waals surface area contributed by atoms with Gasteiger partial charge < -0.3 is 51.3 Å². The van der Waals surface area contributed by atoms with Crippen LogP contribution in [0.1, 0.15) is 0 Å². The Morgan fingerprint density at radius 2 is 1.54 bits per heavy atom.